The van der Waals surface area contributed by atoms with Crippen LogP contribution in [0.4, 0.5) is 5.82 Å². The number of ether oxygens (including phenoxy) is 1. The fourth-order valence-electron chi connectivity index (χ4n) is 4.46. The van der Waals surface area contributed by atoms with Gasteiger partial charge in [0, 0.05) is 50.1 Å². The Morgan fingerprint density at radius 2 is 2.06 bits per heavy atom. The summed E-state index contributed by atoms with van der Waals surface area (Å²) in [5.41, 5.74) is 3.35. The number of benzene rings is 1. The van der Waals surface area contributed by atoms with Gasteiger partial charge in [-0.1, -0.05) is 11.6 Å². The molecule has 0 aliphatic carbocycles. The second kappa shape index (κ2) is 8.43. The van der Waals surface area contributed by atoms with Crippen LogP contribution in [0, 0.1) is 0 Å². The molecule has 1 amide bonds. The van der Waals surface area contributed by atoms with Gasteiger partial charge in [-0.25, -0.2) is 4.98 Å². The number of anilines is 1. The molecule has 0 unspecified atom stereocenters. The highest BCUT2D eigenvalue weighted by atomic mass is 35.5. The molecule has 162 valence electrons. The molecular weight excluding hydrogens is 416 g/mol. The molecule has 2 aliphatic heterocycles. The lowest BCUT2D eigenvalue weighted by Gasteiger charge is -2.37. The van der Waals surface area contributed by atoms with E-state index < -0.39 is 0 Å². The molecule has 1 atom stereocenters. The van der Waals surface area contributed by atoms with Crippen molar-refractivity contribution in [1.29, 1.82) is 0 Å². The lowest BCUT2D eigenvalue weighted by atomic mass is 10.0. The van der Waals surface area contributed by atoms with E-state index in [0.29, 0.717) is 11.6 Å². The van der Waals surface area contributed by atoms with Gasteiger partial charge in [0.2, 0.25) is 0 Å². The average Bonchev–Trinajstić information content (AvgIpc) is 3.52. The van der Waals surface area contributed by atoms with E-state index in [1.54, 1.807) is 12.4 Å². The number of likely N-dealkylation sites (N-methyl/N-ethyl adjacent to an activating group) is 1. The Balaban J connectivity index is 1.30. The topological polar surface area (TPSA) is 87.2 Å². The van der Waals surface area contributed by atoms with Gasteiger partial charge in [-0.05, 0) is 37.8 Å². The van der Waals surface area contributed by atoms with Crippen LogP contribution in [0.1, 0.15) is 25.7 Å². The van der Waals surface area contributed by atoms with E-state index in [9.17, 15) is 4.79 Å². The van der Waals surface area contributed by atoms with Gasteiger partial charge in [0.15, 0.2) is 0 Å². The second-order valence-corrected chi connectivity index (χ2v) is 8.61. The molecule has 0 bridgehead atoms. The molecule has 0 spiro atoms. The second-order valence-electron chi connectivity index (χ2n) is 8.20. The molecular formula is C22H25ClN6O2. The first kappa shape index (κ1) is 20.2. The van der Waals surface area contributed by atoms with Gasteiger partial charge in [0.25, 0.3) is 5.91 Å². The summed E-state index contributed by atoms with van der Waals surface area (Å²) in [6.45, 7) is 2.35. The van der Waals surface area contributed by atoms with Crippen molar-refractivity contribution in [2.24, 2.45) is 0 Å². The minimum absolute atomic E-state index is 0.116. The number of piperidine rings is 1. The number of hydrogen-bond donors (Lipinski definition) is 1. The Morgan fingerprint density at radius 3 is 2.77 bits per heavy atom. The number of aromatic nitrogens is 4. The van der Waals surface area contributed by atoms with Crippen LogP contribution < -0.4 is 4.90 Å². The summed E-state index contributed by atoms with van der Waals surface area (Å²) in [5, 5.41) is 7.44. The van der Waals surface area contributed by atoms with Crippen molar-refractivity contribution < 1.29 is 9.53 Å². The van der Waals surface area contributed by atoms with Crippen LogP contribution in [-0.4, -0.2) is 69.9 Å². The third-order valence-corrected chi connectivity index (χ3v) is 6.63. The van der Waals surface area contributed by atoms with E-state index in [2.05, 4.69) is 20.1 Å². The van der Waals surface area contributed by atoms with E-state index in [0.717, 1.165) is 66.8 Å². The number of carbonyl (C=O) groups excluding carboxylic acids is 1. The third kappa shape index (κ3) is 3.97. The van der Waals surface area contributed by atoms with Crippen molar-refractivity contribution in [2.75, 3.05) is 31.6 Å². The quantitative estimate of drug-likeness (QED) is 0.669. The van der Waals surface area contributed by atoms with Gasteiger partial charge in [-0.2, -0.15) is 5.10 Å². The first-order chi connectivity index (χ1) is 15.1. The maximum Gasteiger partial charge on any atom is 0.251 e. The Morgan fingerprint density at radius 1 is 1.23 bits per heavy atom. The molecule has 3 aromatic rings. The number of amides is 1. The molecule has 1 N–H and O–H groups in total. The number of aromatic amines is 1. The number of nitrogens with one attached hydrogen (secondary N) is 1. The Kier molecular flexibility index (Phi) is 5.50. The van der Waals surface area contributed by atoms with E-state index in [1.165, 1.54) is 0 Å². The zero-order valence-electron chi connectivity index (χ0n) is 17.4. The number of H-pyrrole nitrogens is 1. The Bertz CT molecular complexity index is 1080. The molecule has 2 saturated heterocycles. The molecule has 0 saturated carbocycles. The molecule has 5 rings (SSSR count). The summed E-state index contributed by atoms with van der Waals surface area (Å²) in [4.78, 5) is 26.2. The predicted molar refractivity (Wildman–Crippen MR) is 119 cm³/mol. The van der Waals surface area contributed by atoms with E-state index in [-0.39, 0.29) is 18.1 Å². The van der Waals surface area contributed by atoms with E-state index >= 15 is 0 Å². The number of halogens is 1. The third-order valence-electron chi connectivity index (χ3n) is 6.32. The number of hydrogen-bond acceptors (Lipinski definition) is 6. The highest BCUT2D eigenvalue weighted by Crippen LogP contribution is 2.31. The van der Waals surface area contributed by atoms with Crippen LogP contribution in [0.2, 0.25) is 5.02 Å². The molecule has 4 heterocycles. The van der Waals surface area contributed by atoms with Crippen LogP contribution in [0.3, 0.4) is 0 Å². The first-order valence-corrected chi connectivity index (χ1v) is 11.1. The summed E-state index contributed by atoms with van der Waals surface area (Å²) in [6, 6.07) is 4.03. The van der Waals surface area contributed by atoms with Gasteiger partial charge in [0.1, 0.15) is 11.9 Å². The normalized spacial score (nSPS) is 19.8. The summed E-state index contributed by atoms with van der Waals surface area (Å²) in [6.07, 6.45) is 8.69. The predicted octanol–water partition coefficient (Wildman–Crippen LogP) is 3.28. The van der Waals surface area contributed by atoms with Crippen LogP contribution in [-0.2, 0) is 9.53 Å². The van der Waals surface area contributed by atoms with Crippen molar-refractivity contribution in [3.05, 3.63) is 35.7 Å². The van der Waals surface area contributed by atoms with Crippen LogP contribution in [0.25, 0.3) is 22.2 Å². The smallest absolute Gasteiger partial charge is 0.251 e. The van der Waals surface area contributed by atoms with Crippen molar-refractivity contribution in [3.8, 4) is 11.1 Å². The molecule has 0 radical (unpaired) electrons. The van der Waals surface area contributed by atoms with Gasteiger partial charge in [0.05, 0.1) is 28.4 Å². The Hall–Kier alpha value is -2.71. The fourth-order valence-corrected chi connectivity index (χ4v) is 4.72. The summed E-state index contributed by atoms with van der Waals surface area (Å²) >= 11 is 6.44. The fraction of sp³-hybridized carbons (Fsp3) is 0.455. The summed E-state index contributed by atoms with van der Waals surface area (Å²) in [5.74, 6) is 0.963. The van der Waals surface area contributed by atoms with Gasteiger partial charge >= 0.3 is 0 Å². The number of rotatable bonds is 4. The van der Waals surface area contributed by atoms with Crippen molar-refractivity contribution in [2.45, 2.75) is 37.8 Å². The standard InChI is InChI=1S/C22H25ClN6O2/c1-28(22(30)20-3-2-8-31-20)15-4-6-29(7-5-15)21-13-24-18-10-17(23)16(9-19(18)27-21)14-11-25-26-12-14/h9-13,15,20H,2-8H2,1H3,(H,25,26)/t20-/m1/s1. The highest BCUT2D eigenvalue weighted by molar-refractivity contribution is 6.34. The monoisotopic (exact) mass is 440 g/mol. The molecule has 2 fully saturated rings. The number of nitrogens with zero attached hydrogens (tertiary/aromatic N) is 5. The van der Waals surface area contributed by atoms with Crippen molar-refractivity contribution >= 4 is 34.4 Å². The van der Waals surface area contributed by atoms with Gasteiger partial charge in [-0.15, -0.1) is 0 Å². The molecule has 31 heavy (non-hydrogen) atoms. The molecule has 1 aromatic carbocycles. The largest absolute Gasteiger partial charge is 0.368 e. The first-order valence-electron chi connectivity index (χ1n) is 10.7. The lowest BCUT2D eigenvalue weighted by Crippen LogP contribution is -2.48. The van der Waals surface area contributed by atoms with Crippen molar-refractivity contribution in [1.82, 2.24) is 25.1 Å². The van der Waals surface area contributed by atoms with Gasteiger partial charge in [-0.3, -0.25) is 14.9 Å². The van der Waals surface area contributed by atoms with Crippen LogP contribution in [0.15, 0.2) is 30.7 Å². The molecule has 2 aliphatic rings. The lowest BCUT2D eigenvalue weighted by molar-refractivity contribution is -0.142. The van der Waals surface area contributed by atoms with E-state index in [4.69, 9.17) is 21.3 Å². The maximum absolute atomic E-state index is 12.6. The Labute approximate surface area is 185 Å². The summed E-state index contributed by atoms with van der Waals surface area (Å²) in [7, 11) is 1.90. The van der Waals surface area contributed by atoms with Gasteiger partial charge < -0.3 is 14.5 Å². The molecule has 2 aromatic heterocycles. The van der Waals surface area contributed by atoms with Crippen molar-refractivity contribution in [3.63, 3.8) is 0 Å². The maximum atomic E-state index is 12.6. The molecule has 8 nitrogen and oxygen atoms in total. The average molecular weight is 441 g/mol. The van der Waals surface area contributed by atoms with Crippen LogP contribution >= 0.6 is 11.6 Å². The number of carbonyl (C=O) groups is 1. The minimum Gasteiger partial charge on any atom is -0.368 e. The number of fused-ring (bicyclic) bond motifs is 1. The molecule has 9 heteroatoms. The minimum atomic E-state index is -0.259. The zero-order chi connectivity index (χ0) is 21.4. The van der Waals surface area contributed by atoms with E-state index in [1.807, 2.05) is 30.3 Å². The SMILES string of the molecule is CN(C(=O)[C@H]1CCCO1)C1CCN(c2cnc3cc(Cl)c(-c4cn[nH]c4)cc3n2)CC1. The zero-order valence-corrected chi connectivity index (χ0v) is 18.2. The van der Waals surface area contributed by atoms with Crippen LogP contribution in [0.5, 0.6) is 0 Å². The highest BCUT2D eigenvalue weighted by Gasteiger charge is 2.32. The summed E-state index contributed by atoms with van der Waals surface area (Å²) < 4.78 is 5.57.